The molecule has 154 valence electrons. The summed E-state index contributed by atoms with van der Waals surface area (Å²) >= 11 is 5.97. The maximum atomic E-state index is 5.97. The van der Waals surface area contributed by atoms with Gasteiger partial charge in [-0.15, -0.1) is 24.0 Å². The van der Waals surface area contributed by atoms with E-state index in [4.69, 9.17) is 16.6 Å². The minimum atomic E-state index is 0. The standard InChI is InChI=1S/C20H34ClN5.HI/c1-4-22-20(25(3)17-18-7-9-19(21)10-8-18)23-11-5-13-26-14-6-12-24(2)15-16-26;/h7-10H,4-6,11-17H2,1-3H3,(H,22,23);1H. The maximum absolute atomic E-state index is 5.97. The van der Waals surface area contributed by atoms with Crippen LogP contribution >= 0.6 is 35.6 Å². The van der Waals surface area contributed by atoms with Crippen molar-refractivity contribution in [1.82, 2.24) is 20.0 Å². The van der Waals surface area contributed by atoms with Gasteiger partial charge in [-0.25, -0.2) is 0 Å². The van der Waals surface area contributed by atoms with Gasteiger partial charge in [0.15, 0.2) is 5.96 Å². The highest BCUT2D eigenvalue weighted by atomic mass is 127. The molecule has 0 atom stereocenters. The predicted octanol–water partition coefficient (Wildman–Crippen LogP) is 3.38. The van der Waals surface area contributed by atoms with E-state index in [2.05, 4.69) is 53.2 Å². The Kier molecular flexibility index (Phi) is 12.3. The monoisotopic (exact) mass is 507 g/mol. The van der Waals surface area contributed by atoms with Gasteiger partial charge in [-0.05, 0) is 64.1 Å². The first-order valence-electron chi connectivity index (χ1n) is 9.73. The second kappa shape index (κ2) is 13.6. The van der Waals surface area contributed by atoms with Crippen molar-refractivity contribution in [2.75, 3.05) is 59.9 Å². The highest BCUT2D eigenvalue weighted by Gasteiger charge is 2.11. The van der Waals surface area contributed by atoms with E-state index < -0.39 is 0 Å². The minimum Gasteiger partial charge on any atom is -0.357 e. The van der Waals surface area contributed by atoms with Crippen molar-refractivity contribution >= 4 is 41.5 Å². The molecule has 2 rings (SSSR count). The van der Waals surface area contributed by atoms with E-state index in [-0.39, 0.29) is 24.0 Å². The Morgan fingerprint density at radius 1 is 1.19 bits per heavy atom. The average molecular weight is 508 g/mol. The van der Waals surface area contributed by atoms with Crippen LogP contribution in [0.1, 0.15) is 25.3 Å². The Bertz CT molecular complexity index is 552. The molecule has 0 aromatic heterocycles. The van der Waals surface area contributed by atoms with E-state index in [9.17, 15) is 0 Å². The molecule has 0 radical (unpaired) electrons. The molecule has 0 amide bonds. The molecule has 5 nitrogen and oxygen atoms in total. The van der Waals surface area contributed by atoms with Crippen molar-refractivity contribution in [3.05, 3.63) is 34.9 Å². The molecule has 0 bridgehead atoms. The molecule has 0 aliphatic carbocycles. The Morgan fingerprint density at radius 2 is 1.93 bits per heavy atom. The smallest absolute Gasteiger partial charge is 0.193 e. The van der Waals surface area contributed by atoms with Crippen molar-refractivity contribution in [3.8, 4) is 0 Å². The zero-order chi connectivity index (χ0) is 18.8. The van der Waals surface area contributed by atoms with E-state index in [0.717, 1.165) is 43.6 Å². The molecular formula is C20H35ClIN5. The zero-order valence-corrected chi connectivity index (χ0v) is 20.0. The Balaban J connectivity index is 0.00000364. The maximum Gasteiger partial charge on any atom is 0.193 e. The highest BCUT2D eigenvalue weighted by Crippen LogP contribution is 2.11. The van der Waals surface area contributed by atoms with Crippen LogP contribution in [0.3, 0.4) is 0 Å². The van der Waals surface area contributed by atoms with E-state index in [0.29, 0.717) is 0 Å². The number of aliphatic imine (C=N–C) groups is 1. The van der Waals surface area contributed by atoms with Gasteiger partial charge in [0.2, 0.25) is 0 Å². The summed E-state index contributed by atoms with van der Waals surface area (Å²) in [6.45, 7) is 10.6. The fourth-order valence-corrected chi connectivity index (χ4v) is 3.34. The van der Waals surface area contributed by atoms with Gasteiger partial charge in [0.25, 0.3) is 0 Å². The van der Waals surface area contributed by atoms with Crippen LogP contribution in [0.25, 0.3) is 0 Å². The van der Waals surface area contributed by atoms with Crippen LogP contribution in [0.15, 0.2) is 29.3 Å². The number of guanidine groups is 1. The zero-order valence-electron chi connectivity index (χ0n) is 17.0. The summed E-state index contributed by atoms with van der Waals surface area (Å²) in [5, 5.41) is 4.17. The first kappa shape index (κ1) is 24.5. The van der Waals surface area contributed by atoms with Gasteiger partial charge < -0.3 is 20.0 Å². The number of hydrogen-bond donors (Lipinski definition) is 1. The SMILES string of the molecule is CCNC(=NCCCN1CCCN(C)CC1)N(C)Cc1ccc(Cl)cc1.I. The van der Waals surface area contributed by atoms with Gasteiger partial charge in [-0.3, -0.25) is 4.99 Å². The van der Waals surface area contributed by atoms with E-state index >= 15 is 0 Å². The van der Waals surface area contributed by atoms with E-state index in [1.807, 2.05) is 12.1 Å². The van der Waals surface area contributed by atoms with Crippen molar-refractivity contribution < 1.29 is 0 Å². The Hall–Kier alpha value is -0.570. The van der Waals surface area contributed by atoms with E-state index in [1.54, 1.807) is 0 Å². The summed E-state index contributed by atoms with van der Waals surface area (Å²) in [7, 11) is 4.30. The van der Waals surface area contributed by atoms with Crippen molar-refractivity contribution in [2.45, 2.75) is 26.3 Å². The third-order valence-corrected chi connectivity index (χ3v) is 4.99. The molecule has 27 heavy (non-hydrogen) atoms. The number of hydrogen-bond acceptors (Lipinski definition) is 3. The number of halogens is 2. The van der Waals surface area contributed by atoms with Crippen LogP contribution in [-0.2, 0) is 6.54 Å². The molecule has 0 saturated carbocycles. The molecule has 0 unspecified atom stereocenters. The van der Waals surface area contributed by atoms with Crippen molar-refractivity contribution in [3.63, 3.8) is 0 Å². The third kappa shape index (κ3) is 9.45. The lowest BCUT2D eigenvalue weighted by Crippen LogP contribution is -2.38. The van der Waals surface area contributed by atoms with Gasteiger partial charge >= 0.3 is 0 Å². The van der Waals surface area contributed by atoms with Crippen LogP contribution < -0.4 is 5.32 Å². The number of benzene rings is 1. The second-order valence-electron chi connectivity index (χ2n) is 7.07. The molecule has 1 aromatic carbocycles. The first-order chi connectivity index (χ1) is 12.6. The van der Waals surface area contributed by atoms with E-state index in [1.165, 1.54) is 38.2 Å². The van der Waals surface area contributed by atoms with Crippen LogP contribution in [0.2, 0.25) is 5.02 Å². The van der Waals surface area contributed by atoms with Gasteiger partial charge in [0, 0.05) is 44.8 Å². The topological polar surface area (TPSA) is 34.1 Å². The number of rotatable bonds is 7. The fourth-order valence-electron chi connectivity index (χ4n) is 3.21. The minimum absolute atomic E-state index is 0. The first-order valence-corrected chi connectivity index (χ1v) is 10.1. The van der Waals surface area contributed by atoms with Gasteiger partial charge in [0.1, 0.15) is 0 Å². The lowest BCUT2D eigenvalue weighted by molar-refractivity contribution is 0.275. The molecule has 1 aromatic rings. The second-order valence-corrected chi connectivity index (χ2v) is 7.51. The van der Waals surface area contributed by atoms with Crippen LogP contribution in [0.5, 0.6) is 0 Å². The summed E-state index contributed by atoms with van der Waals surface area (Å²) in [6.07, 6.45) is 2.37. The Labute approximate surface area is 187 Å². The molecule has 7 heteroatoms. The fraction of sp³-hybridized carbons (Fsp3) is 0.650. The van der Waals surface area contributed by atoms with Gasteiger partial charge in [-0.1, -0.05) is 23.7 Å². The number of likely N-dealkylation sites (N-methyl/N-ethyl adjacent to an activating group) is 1. The largest absolute Gasteiger partial charge is 0.357 e. The quantitative estimate of drug-likeness (QED) is 0.266. The van der Waals surface area contributed by atoms with Crippen molar-refractivity contribution in [1.29, 1.82) is 0 Å². The Morgan fingerprint density at radius 3 is 2.63 bits per heavy atom. The highest BCUT2D eigenvalue weighted by molar-refractivity contribution is 14.0. The molecular weight excluding hydrogens is 473 g/mol. The molecule has 1 saturated heterocycles. The summed E-state index contributed by atoms with van der Waals surface area (Å²) in [6, 6.07) is 8.01. The molecule has 1 aliphatic heterocycles. The van der Waals surface area contributed by atoms with Crippen LogP contribution in [0.4, 0.5) is 0 Å². The van der Waals surface area contributed by atoms with Crippen LogP contribution in [-0.4, -0.2) is 80.6 Å². The summed E-state index contributed by atoms with van der Waals surface area (Å²) in [4.78, 5) is 12.0. The average Bonchev–Trinajstić information content (AvgIpc) is 2.84. The lowest BCUT2D eigenvalue weighted by atomic mass is 10.2. The third-order valence-electron chi connectivity index (χ3n) is 4.74. The molecule has 1 aliphatic rings. The number of nitrogens with one attached hydrogen (secondary N) is 1. The van der Waals surface area contributed by atoms with Crippen molar-refractivity contribution in [2.24, 2.45) is 4.99 Å². The van der Waals surface area contributed by atoms with Crippen LogP contribution in [0, 0.1) is 0 Å². The molecule has 0 spiro atoms. The van der Waals surface area contributed by atoms with Gasteiger partial charge in [0.05, 0.1) is 0 Å². The summed E-state index contributed by atoms with van der Waals surface area (Å²) in [5.74, 6) is 0.970. The molecule has 1 N–H and O–H groups in total. The predicted molar refractivity (Wildman–Crippen MR) is 127 cm³/mol. The summed E-state index contributed by atoms with van der Waals surface area (Å²) in [5.41, 5.74) is 1.23. The molecule has 1 heterocycles. The normalized spacial score (nSPS) is 16.5. The van der Waals surface area contributed by atoms with Gasteiger partial charge in [-0.2, -0.15) is 0 Å². The lowest BCUT2D eigenvalue weighted by Gasteiger charge is -2.23. The number of nitrogens with zero attached hydrogens (tertiary/aromatic N) is 4. The molecule has 1 fully saturated rings. The summed E-state index contributed by atoms with van der Waals surface area (Å²) < 4.78 is 0.